The van der Waals surface area contributed by atoms with Crippen molar-refractivity contribution in [2.45, 2.75) is 46.1 Å². The van der Waals surface area contributed by atoms with Crippen molar-refractivity contribution in [3.05, 3.63) is 0 Å². The molecule has 0 spiro atoms. The standard InChI is InChI=1S/C15H28N2O3S/c1-15(2,3)11(4-5-13(18)19)6-7-17-14(20)12-10-21-9-8-16-12/h11-12,16H,4-10H2,1-3H3,(H,17,20)(H,18,19). The highest BCUT2D eigenvalue weighted by Gasteiger charge is 2.26. The summed E-state index contributed by atoms with van der Waals surface area (Å²) < 4.78 is 0. The molecule has 6 heteroatoms. The van der Waals surface area contributed by atoms with Crippen LogP contribution >= 0.6 is 11.8 Å². The van der Waals surface area contributed by atoms with Gasteiger partial charge in [0.25, 0.3) is 0 Å². The normalized spacial score (nSPS) is 20.8. The molecule has 0 aliphatic carbocycles. The van der Waals surface area contributed by atoms with Crippen LogP contribution in [0.3, 0.4) is 0 Å². The van der Waals surface area contributed by atoms with Gasteiger partial charge in [-0.05, 0) is 24.2 Å². The molecule has 21 heavy (non-hydrogen) atoms. The highest BCUT2D eigenvalue weighted by molar-refractivity contribution is 7.99. The largest absolute Gasteiger partial charge is 0.481 e. The molecule has 1 amide bonds. The van der Waals surface area contributed by atoms with Gasteiger partial charge in [0.15, 0.2) is 0 Å². The first kappa shape index (κ1) is 18.3. The molecule has 1 heterocycles. The number of hydrogen-bond acceptors (Lipinski definition) is 4. The van der Waals surface area contributed by atoms with Gasteiger partial charge in [0.05, 0.1) is 6.04 Å². The van der Waals surface area contributed by atoms with E-state index in [4.69, 9.17) is 5.11 Å². The van der Waals surface area contributed by atoms with Crippen LogP contribution in [0.25, 0.3) is 0 Å². The Morgan fingerprint density at radius 2 is 2.10 bits per heavy atom. The van der Waals surface area contributed by atoms with E-state index < -0.39 is 5.97 Å². The maximum Gasteiger partial charge on any atom is 0.303 e. The fourth-order valence-corrected chi connectivity index (χ4v) is 3.47. The molecule has 0 saturated carbocycles. The molecule has 1 aliphatic rings. The number of hydrogen-bond donors (Lipinski definition) is 3. The van der Waals surface area contributed by atoms with Crippen LogP contribution in [-0.2, 0) is 9.59 Å². The van der Waals surface area contributed by atoms with Gasteiger partial charge in [-0.1, -0.05) is 20.8 Å². The Kier molecular flexibility index (Phi) is 7.52. The summed E-state index contributed by atoms with van der Waals surface area (Å²) in [5, 5.41) is 15.0. The van der Waals surface area contributed by atoms with Gasteiger partial charge < -0.3 is 15.7 Å². The summed E-state index contributed by atoms with van der Waals surface area (Å²) in [6.45, 7) is 7.87. The van der Waals surface area contributed by atoms with Crippen LogP contribution in [0.15, 0.2) is 0 Å². The molecule has 0 radical (unpaired) electrons. The number of carbonyl (C=O) groups is 2. The Bertz CT molecular complexity index is 349. The number of nitrogens with one attached hydrogen (secondary N) is 2. The van der Waals surface area contributed by atoms with E-state index in [1.807, 2.05) is 0 Å². The first-order valence-electron chi connectivity index (χ1n) is 7.61. The fraction of sp³-hybridized carbons (Fsp3) is 0.867. The Balaban J connectivity index is 2.34. The highest BCUT2D eigenvalue weighted by atomic mass is 32.2. The van der Waals surface area contributed by atoms with E-state index in [0.717, 1.165) is 24.5 Å². The van der Waals surface area contributed by atoms with E-state index in [0.29, 0.717) is 18.9 Å². The first-order chi connectivity index (χ1) is 9.80. The quantitative estimate of drug-likeness (QED) is 0.666. The lowest BCUT2D eigenvalue weighted by molar-refractivity contribution is -0.137. The van der Waals surface area contributed by atoms with Gasteiger partial charge in [-0.2, -0.15) is 11.8 Å². The molecule has 5 nitrogen and oxygen atoms in total. The summed E-state index contributed by atoms with van der Waals surface area (Å²) in [6.07, 6.45) is 1.67. The summed E-state index contributed by atoms with van der Waals surface area (Å²) in [7, 11) is 0. The number of aliphatic carboxylic acids is 1. The molecule has 0 aromatic carbocycles. The van der Waals surface area contributed by atoms with E-state index in [9.17, 15) is 9.59 Å². The Labute approximate surface area is 131 Å². The van der Waals surface area contributed by atoms with Crippen molar-refractivity contribution in [1.29, 1.82) is 0 Å². The number of rotatable bonds is 7. The van der Waals surface area contributed by atoms with Gasteiger partial charge in [0.2, 0.25) is 5.91 Å². The van der Waals surface area contributed by atoms with Crippen LogP contribution in [0.5, 0.6) is 0 Å². The Morgan fingerprint density at radius 3 is 2.62 bits per heavy atom. The maximum absolute atomic E-state index is 12.0. The monoisotopic (exact) mass is 316 g/mol. The van der Waals surface area contributed by atoms with Crippen molar-refractivity contribution >= 4 is 23.6 Å². The lowest BCUT2D eigenvalue weighted by Crippen LogP contribution is -2.49. The molecule has 2 unspecified atom stereocenters. The number of amides is 1. The van der Waals surface area contributed by atoms with E-state index in [1.54, 1.807) is 11.8 Å². The Morgan fingerprint density at radius 1 is 1.38 bits per heavy atom. The molecule has 1 rings (SSSR count). The summed E-state index contributed by atoms with van der Waals surface area (Å²) in [6, 6.07) is -0.0872. The first-order valence-corrected chi connectivity index (χ1v) is 8.77. The van der Waals surface area contributed by atoms with E-state index >= 15 is 0 Å². The van der Waals surface area contributed by atoms with E-state index in [1.165, 1.54) is 0 Å². The highest BCUT2D eigenvalue weighted by Crippen LogP contribution is 2.32. The van der Waals surface area contributed by atoms with Crippen molar-refractivity contribution in [1.82, 2.24) is 10.6 Å². The van der Waals surface area contributed by atoms with Gasteiger partial charge in [0, 0.05) is 31.0 Å². The minimum Gasteiger partial charge on any atom is -0.481 e. The third-order valence-electron chi connectivity index (χ3n) is 3.96. The zero-order valence-electron chi connectivity index (χ0n) is 13.3. The van der Waals surface area contributed by atoms with Crippen LogP contribution in [0, 0.1) is 11.3 Å². The number of carboxylic acid groups (broad SMARTS) is 1. The molecule has 2 atom stereocenters. The van der Waals surface area contributed by atoms with Gasteiger partial charge in [-0.15, -0.1) is 0 Å². The second-order valence-electron chi connectivity index (χ2n) is 6.66. The summed E-state index contributed by atoms with van der Waals surface area (Å²) in [4.78, 5) is 22.8. The fourth-order valence-electron chi connectivity index (χ4n) is 2.53. The van der Waals surface area contributed by atoms with E-state index in [-0.39, 0.29) is 23.8 Å². The minimum atomic E-state index is -0.753. The second kappa shape index (κ2) is 8.63. The maximum atomic E-state index is 12.0. The summed E-state index contributed by atoms with van der Waals surface area (Å²) in [5.41, 5.74) is 0.0547. The van der Waals surface area contributed by atoms with Gasteiger partial charge in [-0.25, -0.2) is 0 Å². The molecule has 3 N–H and O–H groups in total. The molecule has 1 fully saturated rings. The molecule has 1 aliphatic heterocycles. The van der Waals surface area contributed by atoms with Crippen LogP contribution in [-0.4, -0.2) is 47.6 Å². The lowest BCUT2D eigenvalue weighted by Gasteiger charge is -2.31. The lowest BCUT2D eigenvalue weighted by atomic mass is 9.76. The molecular weight excluding hydrogens is 288 g/mol. The zero-order valence-corrected chi connectivity index (χ0v) is 14.1. The predicted molar refractivity (Wildman–Crippen MR) is 86.6 cm³/mol. The third-order valence-corrected chi connectivity index (χ3v) is 5.02. The van der Waals surface area contributed by atoms with Gasteiger partial charge in [0.1, 0.15) is 0 Å². The zero-order chi connectivity index (χ0) is 15.9. The molecule has 1 saturated heterocycles. The molecule has 0 aromatic rings. The second-order valence-corrected chi connectivity index (χ2v) is 7.81. The van der Waals surface area contributed by atoms with Gasteiger partial charge >= 0.3 is 5.97 Å². The SMILES string of the molecule is CC(C)(C)C(CCNC(=O)C1CSCCN1)CCC(=O)O. The molecule has 122 valence electrons. The van der Waals surface area contributed by atoms with Crippen molar-refractivity contribution in [3.63, 3.8) is 0 Å². The average molecular weight is 316 g/mol. The average Bonchev–Trinajstić information content (AvgIpc) is 2.41. The van der Waals surface area contributed by atoms with Crippen molar-refractivity contribution in [2.24, 2.45) is 11.3 Å². The number of carboxylic acids is 1. The topological polar surface area (TPSA) is 78.4 Å². The van der Waals surface area contributed by atoms with Crippen LogP contribution in [0.2, 0.25) is 0 Å². The minimum absolute atomic E-state index is 0.0547. The summed E-state index contributed by atoms with van der Waals surface area (Å²) >= 11 is 1.80. The van der Waals surface area contributed by atoms with Crippen LogP contribution in [0.1, 0.15) is 40.0 Å². The van der Waals surface area contributed by atoms with Crippen molar-refractivity contribution in [3.8, 4) is 0 Å². The number of carbonyl (C=O) groups excluding carboxylic acids is 1. The third kappa shape index (κ3) is 7.18. The van der Waals surface area contributed by atoms with E-state index in [2.05, 4.69) is 31.4 Å². The summed E-state index contributed by atoms with van der Waals surface area (Å²) in [5.74, 6) is 1.49. The molecule has 0 bridgehead atoms. The van der Waals surface area contributed by atoms with Crippen LogP contribution < -0.4 is 10.6 Å². The molecular formula is C15H28N2O3S. The Hall–Kier alpha value is -0.750. The van der Waals surface area contributed by atoms with Crippen molar-refractivity contribution in [2.75, 3.05) is 24.6 Å². The number of thioether (sulfide) groups is 1. The smallest absolute Gasteiger partial charge is 0.303 e. The van der Waals surface area contributed by atoms with Crippen molar-refractivity contribution < 1.29 is 14.7 Å². The predicted octanol–water partition coefficient (Wildman–Crippen LogP) is 1.72. The molecule has 0 aromatic heterocycles. The van der Waals surface area contributed by atoms with Gasteiger partial charge in [-0.3, -0.25) is 9.59 Å². The van der Waals surface area contributed by atoms with Crippen LogP contribution in [0.4, 0.5) is 0 Å².